The van der Waals surface area contributed by atoms with Crippen LogP contribution in [0.5, 0.6) is 0 Å². The van der Waals surface area contributed by atoms with Crippen molar-refractivity contribution in [3.63, 3.8) is 0 Å². The molecule has 0 nitrogen and oxygen atoms in total. The molecule has 1 atom stereocenters. The van der Waals surface area contributed by atoms with Gasteiger partial charge < -0.3 is 0 Å². The van der Waals surface area contributed by atoms with E-state index in [0.717, 1.165) is 19.3 Å². The molecule has 0 aromatic heterocycles. The Kier molecular flexibility index (Phi) is 6.51. The summed E-state index contributed by atoms with van der Waals surface area (Å²) in [4.78, 5) is 0. The van der Waals surface area contributed by atoms with Gasteiger partial charge in [0.2, 0.25) is 0 Å². The Morgan fingerprint density at radius 3 is 2.40 bits per heavy atom. The van der Waals surface area contributed by atoms with Crippen LogP contribution >= 0.6 is 0 Å². The molecule has 0 saturated heterocycles. The molecule has 0 amide bonds. The number of benzene rings is 1. The number of rotatable bonds is 7. The van der Waals surface area contributed by atoms with Gasteiger partial charge in [0.15, 0.2) is 0 Å². The van der Waals surface area contributed by atoms with Crippen molar-refractivity contribution in [2.45, 2.75) is 47.0 Å². The second-order valence-electron chi connectivity index (χ2n) is 5.50. The van der Waals surface area contributed by atoms with E-state index in [2.05, 4.69) is 65.1 Å². The van der Waals surface area contributed by atoms with E-state index in [0.29, 0.717) is 5.92 Å². The molecule has 0 spiro atoms. The van der Waals surface area contributed by atoms with Gasteiger partial charge in [0.1, 0.15) is 0 Å². The average Bonchev–Trinajstić information content (AvgIpc) is 2.46. The topological polar surface area (TPSA) is 0 Å². The molecule has 0 aliphatic heterocycles. The van der Waals surface area contributed by atoms with Crippen molar-refractivity contribution in [3.05, 3.63) is 65.8 Å². The molecule has 0 heterocycles. The molecule has 0 radical (unpaired) electrons. The minimum Gasteiger partial charge on any atom is -0.0988 e. The van der Waals surface area contributed by atoms with Gasteiger partial charge in [-0.3, -0.25) is 0 Å². The zero-order valence-corrected chi connectivity index (χ0v) is 13.5. The molecule has 1 rings (SSSR count). The predicted octanol–water partition coefficient (Wildman–Crippen LogP) is 6.34. The summed E-state index contributed by atoms with van der Waals surface area (Å²) in [6.07, 6.45) is 5.37. The molecule has 1 aromatic carbocycles. The quantitative estimate of drug-likeness (QED) is 0.506. The average molecular weight is 268 g/mol. The maximum absolute atomic E-state index is 4.40. The van der Waals surface area contributed by atoms with E-state index in [1.807, 2.05) is 6.08 Å². The third-order valence-corrected chi connectivity index (χ3v) is 4.01. The summed E-state index contributed by atoms with van der Waals surface area (Å²) in [6, 6.07) is 8.50. The van der Waals surface area contributed by atoms with Crippen molar-refractivity contribution in [1.29, 1.82) is 0 Å². The highest BCUT2D eigenvalue weighted by Gasteiger charge is 2.16. The van der Waals surface area contributed by atoms with E-state index >= 15 is 0 Å². The fourth-order valence-electron chi connectivity index (χ4n) is 2.68. The Morgan fingerprint density at radius 1 is 1.25 bits per heavy atom. The van der Waals surface area contributed by atoms with Crippen LogP contribution in [0, 0.1) is 12.8 Å². The van der Waals surface area contributed by atoms with Crippen molar-refractivity contribution in [2.75, 3.05) is 0 Å². The van der Waals surface area contributed by atoms with Crippen LogP contribution in [0.1, 0.15) is 51.2 Å². The number of aryl methyl sites for hydroxylation is 1. The first kappa shape index (κ1) is 16.5. The third kappa shape index (κ3) is 3.72. The summed E-state index contributed by atoms with van der Waals surface area (Å²) in [5.74, 6) is 0.515. The highest BCUT2D eigenvalue weighted by Crippen LogP contribution is 2.34. The SMILES string of the molecule is C=C/C(CCC)=C(\C(=C)c1ccccc1C)C(C)CC. The Bertz CT molecular complexity index is 503. The van der Waals surface area contributed by atoms with E-state index in [9.17, 15) is 0 Å². The molecule has 0 bridgehead atoms. The van der Waals surface area contributed by atoms with Crippen molar-refractivity contribution in [2.24, 2.45) is 5.92 Å². The summed E-state index contributed by atoms with van der Waals surface area (Å²) in [6.45, 7) is 17.3. The Morgan fingerprint density at radius 2 is 1.90 bits per heavy atom. The van der Waals surface area contributed by atoms with Gasteiger partial charge in [-0.15, -0.1) is 0 Å². The van der Waals surface area contributed by atoms with Gasteiger partial charge in [0.25, 0.3) is 0 Å². The lowest BCUT2D eigenvalue weighted by atomic mass is 9.83. The summed E-state index contributed by atoms with van der Waals surface area (Å²) in [7, 11) is 0. The molecule has 0 saturated carbocycles. The smallest absolute Gasteiger partial charge is 0.0158 e. The highest BCUT2D eigenvalue weighted by atomic mass is 14.2. The minimum absolute atomic E-state index is 0.515. The first-order chi connectivity index (χ1) is 9.56. The lowest BCUT2D eigenvalue weighted by Crippen LogP contribution is -2.05. The van der Waals surface area contributed by atoms with Crippen molar-refractivity contribution in [3.8, 4) is 0 Å². The van der Waals surface area contributed by atoms with Crippen LogP contribution in [-0.2, 0) is 0 Å². The molecule has 0 N–H and O–H groups in total. The van der Waals surface area contributed by atoms with E-state index in [4.69, 9.17) is 0 Å². The largest absolute Gasteiger partial charge is 0.0988 e. The first-order valence-electron chi connectivity index (χ1n) is 7.67. The molecular weight excluding hydrogens is 240 g/mol. The van der Waals surface area contributed by atoms with Crippen LogP contribution < -0.4 is 0 Å². The predicted molar refractivity (Wildman–Crippen MR) is 91.8 cm³/mol. The van der Waals surface area contributed by atoms with Crippen LogP contribution in [0.25, 0.3) is 5.57 Å². The van der Waals surface area contributed by atoms with Gasteiger partial charge in [-0.25, -0.2) is 0 Å². The molecule has 1 unspecified atom stereocenters. The summed E-state index contributed by atoms with van der Waals surface area (Å²) in [5, 5.41) is 0. The summed E-state index contributed by atoms with van der Waals surface area (Å²) < 4.78 is 0. The molecule has 0 fully saturated rings. The zero-order valence-electron chi connectivity index (χ0n) is 13.5. The van der Waals surface area contributed by atoms with Crippen LogP contribution in [0.2, 0.25) is 0 Å². The molecule has 0 aliphatic carbocycles. The van der Waals surface area contributed by atoms with E-state index in [-0.39, 0.29) is 0 Å². The van der Waals surface area contributed by atoms with Crippen LogP contribution in [0.15, 0.2) is 54.6 Å². The van der Waals surface area contributed by atoms with Crippen molar-refractivity contribution in [1.82, 2.24) is 0 Å². The normalized spacial score (nSPS) is 13.6. The second kappa shape index (κ2) is 7.89. The van der Waals surface area contributed by atoms with E-state index < -0.39 is 0 Å². The lowest BCUT2D eigenvalue weighted by Gasteiger charge is -2.22. The summed E-state index contributed by atoms with van der Waals surface area (Å²) in [5.41, 5.74) is 6.46. The fraction of sp³-hybridized carbons (Fsp3) is 0.400. The molecule has 1 aromatic rings. The Balaban J connectivity index is 3.35. The Hall–Kier alpha value is -1.56. The van der Waals surface area contributed by atoms with E-state index in [1.54, 1.807) is 0 Å². The molecule has 108 valence electrons. The van der Waals surface area contributed by atoms with Gasteiger partial charge in [-0.2, -0.15) is 0 Å². The van der Waals surface area contributed by atoms with Crippen LogP contribution in [-0.4, -0.2) is 0 Å². The van der Waals surface area contributed by atoms with Crippen molar-refractivity contribution < 1.29 is 0 Å². The van der Waals surface area contributed by atoms with Crippen molar-refractivity contribution >= 4 is 5.57 Å². The van der Waals surface area contributed by atoms with Gasteiger partial charge >= 0.3 is 0 Å². The molecule has 0 aliphatic rings. The third-order valence-electron chi connectivity index (χ3n) is 4.01. The van der Waals surface area contributed by atoms with E-state index in [1.165, 1.54) is 27.8 Å². The highest BCUT2D eigenvalue weighted by molar-refractivity contribution is 5.80. The van der Waals surface area contributed by atoms with Gasteiger partial charge in [-0.1, -0.05) is 70.7 Å². The number of allylic oxidation sites excluding steroid dienone is 4. The zero-order chi connectivity index (χ0) is 15.1. The number of hydrogen-bond acceptors (Lipinski definition) is 0. The maximum Gasteiger partial charge on any atom is -0.0158 e. The van der Waals surface area contributed by atoms with Gasteiger partial charge in [0.05, 0.1) is 0 Å². The van der Waals surface area contributed by atoms with Gasteiger partial charge in [-0.05, 0) is 53.5 Å². The van der Waals surface area contributed by atoms with Gasteiger partial charge in [0, 0.05) is 0 Å². The maximum atomic E-state index is 4.40. The molecular formula is C20H28. The minimum atomic E-state index is 0.515. The Labute approximate surface area is 124 Å². The van der Waals surface area contributed by atoms with Crippen LogP contribution in [0.3, 0.4) is 0 Å². The monoisotopic (exact) mass is 268 g/mol. The first-order valence-corrected chi connectivity index (χ1v) is 7.67. The number of hydrogen-bond donors (Lipinski definition) is 0. The van der Waals surface area contributed by atoms with Crippen LogP contribution in [0.4, 0.5) is 0 Å². The molecule has 20 heavy (non-hydrogen) atoms. The fourth-order valence-corrected chi connectivity index (χ4v) is 2.68. The standard InChI is InChI=1S/C20H28/c1-7-12-18(9-3)20(15(4)8-2)17(6)19-14-11-10-13-16(19)5/h9-11,13-15H,3,6-8,12H2,1-2,4-5H3/b20-18+. The lowest BCUT2D eigenvalue weighted by molar-refractivity contribution is 0.664. The molecule has 0 heteroatoms. The summed E-state index contributed by atoms with van der Waals surface area (Å²) >= 11 is 0. The second-order valence-corrected chi connectivity index (χ2v) is 5.50.